The molecule has 2 saturated heterocycles. The minimum atomic E-state index is 0.339. The minimum absolute atomic E-state index is 0.339. The summed E-state index contributed by atoms with van der Waals surface area (Å²) in [7, 11) is 2.24. The first-order valence-electron chi connectivity index (χ1n) is 6.65. The number of ether oxygens (including phenoxy) is 1. The second-order valence-electron chi connectivity index (χ2n) is 5.40. The molecule has 0 aliphatic carbocycles. The number of rotatable bonds is 2. The fourth-order valence-corrected chi connectivity index (χ4v) is 3.26. The summed E-state index contributed by atoms with van der Waals surface area (Å²) in [6.45, 7) is 0. The molecule has 3 atom stereocenters. The molecule has 0 saturated carbocycles. The van der Waals surface area contributed by atoms with E-state index in [0.29, 0.717) is 23.8 Å². The number of fused-ring (bicyclic) bond motifs is 2. The van der Waals surface area contributed by atoms with Crippen molar-refractivity contribution >= 4 is 0 Å². The fraction of sp³-hybridized carbons (Fsp3) is 0.533. The molecule has 2 aliphatic heterocycles. The lowest BCUT2D eigenvalue weighted by molar-refractivity contribution is 0.0662. The third kappa shape index (κ3) is 2.09. The van der Waals surface area contributed by atoms with Gasteiger partial charge in [0.1, 0.15) is 11.9 Å². The predicted octanol–water partition coefficient (Wildman–Crippen LogP) is 2.56. The molecule has 2 bridgehead atoms. The van der Waals surface area contributed by atoms with E-state index in [-0.39, 0.29) is 0 Å². The van der Waals surface area contributed by atoms with Gasteiger partial charge in [-0.25, -0.2) is 0 Å². The molecule has 3 heteroatoms. The van der Waals surface area contributed by atoms with E-state index in [9.17, 15) is 0 Å². The van der Waals surface area contributed by atoms with Gasteiger partial charge in [0, 0.05) is 12.1 Å². The Kier molecular flexibility index (Phi) is 2.97. The highest BCUT2D eigenvalue weighted by molar-refractivity contribution is 5.34. The van der Waals surface area contributed by atoms with Crippen LogP contribution in [0.1, 0.15) is 31.2 Å². The maximum absolute atomic E-state index is 8.76. The van der Waals surface area contributed by atoms with Gasteiger partial charge >= 0.3 is 0 Å². The van der Waals surface area contributed by atoms with Crippen molar-refractivity contribution in [3.63, 3.8) is 0 Å². The second kappa shape index (κ2) is 4.62. The van der Waals surface area contributed by atoms with Crippen LogP contribution in [0.25, 0.3) is 0 Å². The van der Waals surface area contributed by atoms with E-state index in [2.05, 4.69) is 18.0 Å². The van der Waals surface area contributed by atoms with Gasteiger partial charge in [-0.3, -0.25) is 0 Å². The third-order valence-electron chi connectivity index (χ3n) is 4.34. The SMILES string of the molecule is CN1[C@@H]2CC[C@H]1CC(Oc1ccc(C#N)cc1)C2. The molecule has 0 amide bonds. The maximum atomic E-state index is 8.76. The molecule has 3 nitrogen and oxygen atoms in total. The van der Waals surface area contributed by atoms with Crippen LogP contribution in [0.4, 0.5) is 0 Å². The van der Waals surface area contributed by atoms with Crippen LogP contribution >= 0.6 is 0 Å². The summed E-state index contributed by atoms with van der Waals surface area (Å²) in [4.78, 5) is 2.51. The summed E-state index contributed by atoms with van der Waals surface area (Å²) in [6.07, 6.45) is 5.23. The normalized spacial score (nSPS) is 31.0. The molecule has 94 valence electrons. The Morgan fingerprint density at radius 1 is 1.17 bits per heavy atom. The lowest BCUT2D eigenvalue weighted by Crippen LogP contribution is -2.43. The van der Waals surface area contributed by atoms with Crippen molar-refractivity contribution in [2.45, 2.75) is 43.9 Å². The predicted molar refractivity (Wildman–Crippen MR) is 69.4 cm³/mol. The standard InChI is InChI=1S/C15H18N2O/c1-17-12-4-5-13(17)9-15(8-12)18-14-6-2-11(10-16)3-7-14/h2-3,6-7,12-13,15H,4-5,8-9H2,1H3/t12-,13+,15?. The number of piperidine rings is 1. The summed E-state index contributed by atoms with van der Waals surface area (Å²) in [5.74, 6) is 0.892. The number of hydrogen-bond donors (Lipinski definition) is 0. The van der Waals surface area contributed by atoms with Gasteiger partial charge in [-0.2, -0.15) is 5.26 Å². The van der Waals surface area contributed by atoms with Crippen molar-refractivity contribution in [1.82, 2.24) is 4.90 Å². The Morgan fingerprint density at radius 2 is 1.78 bits per heavy atom. The maximum Gasteiger partial charge on any atom is 0.119 e. The fourth-order valence-electron chi connectivity index (χ4n) is 3.26. The minimum Gasteiger partial charge on any atom is -0.490 e. The number of hydrogen-bond acceptors (Lipinski definition) is 3. The number of benzene rings is 1. The van der Waals surface area contributed by atoms with E-state index in [1.807, 2.05) is 24.3 Å². The highest BCUT2D eigenvalue weighted by Gasteiger charge is 2.39. The average molecular weight is 242 g/mol. The van der Waals surface area contributed by atoms with Crippen molar-refractivity contribution in [1.29, 1.82) is 5.26 Å². The van der Waals surface area contributed by atoms with Crippen LogP contribution in [-0.2, 0) is 0 Å². The molecular formula is C15H18N2O. The van der Waals surface area contributed by atoms with E-state index in [1.54, 1.807) is 0 Å². The van der Waals surface area contributed by atoms with Crippen LogP contribution in [0, 0.1) is 11.3 Å². The van der Waals surface area contributed by atoms with E-state index in [4.69, 9.17) is 10.00 Å². The van der Waals surface area contributed by atoms with Crippen LogP contribution in [0.15, 0.2) is 24.3 Å². The molecule has 1 aromatic carbocycles. The van der Waals surface area contributed by atoms with Crippen LogP contribution in [0.5, 0.6) is 5.75 Å². The molecule has 3 rings (SSSR count). The first-order chi connectivity index (χ1) is 8.76. The molecule has 1 aromatic rings. The van der Waals surface area contributed by atoms with Crippen LogP contribution in [-0.4, -0.2) is 30.1 Å². The van der Waals surface area contributed by atoms with Gasteiger partial charge in [0.2, 0.25) is 0 Å². The van der Waals surface area contributed by atoms with Crippen molar-refractivity contribution in [2.75, 3.05) is 7.05 Å². The molecule has 0 spiro atoms. The molecular weight excluding hydrogens is 224 g/mol. The molecule has 2 heterocycles. The summed E-state index contributed by atoms with van der Waals surface area (Å²) < 4.78 is 6.05. The Morgan fingerprint density at radius 3 is 2.33 bits per heavy atom. The zero-order valence-electron chi connectivity index (χ0n) is 10.7. The van der Waals surface area contributed by atoms with Gasteiger partial charge in [0.15, 0.2) is 0 Å². The zero-order chi connectivity index (χ0) is 12.5. The van der Waals surface area contributed by atoms with Crippen molar-refractivity contribution in [3.8, 4) is 11.8 Å². The van der Waals surface area contributed by atoms with Crippen molar-refractivity contribution in [2.24, 2.45) is 0 Å². The lowest BCUT2D eigenvalue weighted by atomic mass is 10.0. The molecule has 18 heavy (non-hydrogen) atoms. The van der Waals surface area contributed by atoms with Gasteiger partial charge in [-0.1, -0.05) is 0 Å². The average Bonchev–Trinajstić information content (AvgIpc) is 2.63. The monoisotopic (exact) mass is 242 g/mol. The summed E-state index contributed by atoms with van der Waals surface area (Å²) >= 11 is 0. The van der Waals surface area contributed by atoms with E-state index >= 15 is 0 Å². The van der Waals surface area contributed by atoms with Crippen molar-refractivity contribution in [3.05, 3.63) is 29.8 Å². The highest BCUT2D eigenvalue weighted by atomic mass is 16.5. The van der Waals surface area contributed by atoms with Gasteiger partial charge < -0.3 is 9.64 Å². The van der Waals surface area contributed by atoms with Gasteiger partial charge in [-0.05, 0) is 57.0 Å². The molecule has 0 radical (unpaired) electrons. The molecule has 0 aromatic heterocycles. The molecule has 2 aliphatic rings. The first kappa shape index (κ1) is 11.6. The molecule has 0 N–H and O–H groups in total. The smallest absolute Gasteiger partial charge is 0.119 e. The summed E-state index contributed by atoms with van der Waals surface area (Å²) in [5, 5.41) is 8.76. The van der Waals surface area contributed by atoms with E-state index < -0.39 is 0 Å². The highest BCUT2D eigenvalue weighted by Crippen LogP contribution is 2.35. The van der Waals surface area contributed by atoms with Gasteiger partial charge in [-0.15, -0.1) is 0 Å². The number of nitrogens with zero attached hydrogens (tertiary/aromatic N) is 2. The molecule has 1 unspecified atom stereocenters. The molecule has 2 fully saturated rings. The van der Waals surface area contributed by atoms with Gasteiger partial charge in [0.25, 0.3) is 0 Å². The third-order valence-corrected chi connectivity index (χ3v) is 4.34. The first-order valence-corrected chi connectivity index (χ1v) is 6.65. The van der Waals surface area contributed by atoms with Crippen LogP contribution in [0.3, 0.4) is 0 Å². The van der Waals surface area contributed by atoms with E-state index in [1.165, 1.54) is 12.8 Å². The number of nitriles is 1. The Hall–Kier alpha value is -1.53. The Bertz CT molecular complexity index is 448. The largest absolute Gasteiger partial charge is 0.490 e. The summed E-state index contributed by atoms with van der Waals surface area (Å²) in [5.41, 5.74) is 0.686. The van der Waals surface area contributed by atoms with E-state index in [0.717, 1.165) is 18.6 Å². The Balaban J connectivity index is 1.65. The quantitative estimate of drug-likeness (QED) is 0.799. The second-order valence-corrected chi connectivity index (χ2v) is 5.40. The van der Waals surface area contributed by atoms with Gasteiger partial charge in [0.05, 0.1) is 11.6 Å². The van der Waals surface area contributed by atoms with Crippen LogP contribution < -0.4 is 4.74 Å². The topological polar surface area (TPSA) is 36.3 Å². The van der Waals surface area contributed by atoms with Crippen LogP contribution in [0.2, 0.25) is 0 Å². The summed E-state index contributed by atoms with van der Waals surface area (Å²) in [6, 6.07) is 11.0. The zero-order valence-corrected chi connectivity index (χ0v) is 10.7. The van der Waals surface area contributed by atoms with Crippen molar-refractivity contribution < 1.29 is 4.74 Å². The Labute approximate surface area is 108 Å². The lowest BCUT2D eigenvalue weighted by Gasteiger charge is -2.36.